The van der Waals surface area contributed by atoms with E-state index in [1.807, 2.05) is 0 Å². The average molecular weight is 360 g/mol. The fourth-order valence-electron chi connectivity index (χ4n) is 2.81. The molecule has 2 atom stereocenters. The Labute approximate surface area is 150 Å². The summed E-state index contributed by atoms with van der Waals surface area (Å²) in [5, 5.41) is 9.74. The maximum absolute atomic E-state index is 13.1. The van der Waals surface area contributed by atoms with Crippen LogP contribution in [0.3, 0.4) is 0 Å². The second-order valence-corrected chi connectivity index (χ2v) is 6.68. The Bertz CT molecular complexity index is 817. The highest BCUT2D eigenvalue weighted by molar-refractivity contribution is 6.04. The third-order valence-corrected chi connectivity index (χ3v) is 4.08. The van der Waals surface area contributed by atoms with Gasteiger partial charge in [0.15, 0.2) is 5.82 Å². The first-order valence-corrected chi connectivity index (χ1v) is 8.36. The van der Waals surface area contributed by atoms with Crippen molar-refractivity contribution in [1.29, 1.82) is 0 Å². The van der Waals surface area contributed by atoms with Crippen molar-refractivity contribution in [2.75, 3.05) is 5.01 Å². The van der Waals surface area contributed by atoms with Gasteiger partial charge in [0, 0.05) is 6.42 Å². The van der Waals surface area contributed by atoms with Crippen LogP contribution in [-0.4, -0.2) is 27.8 Å². The number of nitrogens with two attached hydrogens (primary N) is 2. The Hall–Kier alpha value is -2.81. The van der Waals surface area contributed by atoms with Crippen molar-refractivity contribution in [3.63, 3.8) is 0 Å². The van der Waals surface area contributed by atoms with Crippen LogP contribution in [0, 0.1) is 11.7 Å². The Morgan fingerprint density at radius 3 is 2.69 bits per heavy atom. The highest BCUT2D eigenvalue weighted by Gasteiger charge is 2.35. The monoisotopic (exact) mass is 360 g/mol. The molecule has 3 rings (SSSR count). The number of hydrogen-bond acceptors (Lipinski definition) is 7. The lowest BCUT2D eigenvalue weighted by Gasteiger charge is -2.20. The molecule has 138 valence electrons. The minimum absolute atomic E-state index is 0.204. The average Bonchev–Trinajstić information content (AvgIpc) is 3.22. The summed E-state index contributed by atoms with van der Waals surface area (Å²) in [6.07, 6.45) is 0.935. The number of rotatable bonds is 6. The first-order chi connectivity index (χ1) is 12.3. The van der Waals surface area contributed by atoms with Crippen LogP contribution in [-0.2, 0) is 4.79 Å². The quantitative estimate of drug-likeness (QED) is 0.808. The van der Waals surface area contributed by atoms with Crippen LogP contribution in [0.1, 0.15) is 44.4 Å². The number of hydrogen-bond donors (Lipinski definition) is 2. The summed E-state index contributed by atoms with van der Waals surface area (Å²) in [7, 11) is 0. The third-order valence-electron chi connectivity index (χ3n) is 4.08. The minimum atomic E-state index is -0.713. The van der Waals surface area contributed by atoms with Gasteiger partial charge in [0.1, 0.15) is 17.6 Å². The molecule has 0 aliphatic carbocycles. The number of hydrazone groups is 1. The van der Waals surface area contributed by atoms with Crippen LogP contribution in [0.2, 0.25) is 0 Å². The van der Waals surface area contributed by atoms with Gasteiger partial charge in [-0.2, -0.15) is 10.1 Å². The molecule has 2 unspecified atom stereocenters. The molecule has 9 heteroatoms. The fraction of sp³-hybridized carbons (Fsp3) is 0.412. The number of halogens is 1. The summed E-state index contributed by atoms with van der Waals surface area (Å²) >= 11 is 0. The molecule has 0 bridgehead atoms. The molecule has 0 fully saturated rings. The van der Waals surface area contributed by atoms with Crippen molar-refractivity contribution in [1.82, 2.24) is 10.1 Å². The molecule has 2 heterocycles. The van der Waals surface area contributed by atoms with Crippen LogP contribution >= 0.6 is 0 Å². The highest BCUT2D eigenvalue weighted by Crippen LogP contribution is 2.27. The van der Waals surface area contributed by atoms with Gasteiger partial charge in [0.25, 0.3) is 5.89 Å². The first-order valence-electron chi connectivity index (χ1n) is 8.36. The van der Waals surface area contributed by atoms with Crippen molar-refractivity contribution in [2.45, 2.75) is 38.8 Å². The van der Waals surface area contributed by atoms with Crippen molar-refractivity contribution >= 4 is 17.3 Å². The molecule has 0 radical (unpaired) electrons. The minimum Gasteiger partial charge on any atom is -0.368 e. The van der Waals surface area contributed by atoms with E-state index in [-0.39, 0.29) is 24.2 Å². The van der Waals surface area contributed by atoms with E-state index in [1.54, 1.807) is 0 Å². The van der Waals surface area contributed by atoms with Crippen LogP contribution < -0.4 is 16.5 Å². The Morgan fingerprint density at radius 1 is 1.38 bits per heavy atom. The molecule has 8 nitrogen and oxygen atoms in total. The van der Waals surface area contributed by atoms with Crippen molar-refractivity contribution < 1.29 is 13.7 Å². The van der Waals surface area contributed by atoms with E-state index >= 15 is 0 Å². The molecule has 4 N–H and O–H groups in total. The van der Waals surface area contributed by atoms with Gasteiger partial charge in [0.05, 0.1) is 11.7 Å². The summed E-state index contributed by atoms with van der Waals surface area (Å²) < 4.78 is 18.4. The van der Waals surface area contributed by atoms with E-state index < -0.39 is 11.9 Å². The number of primary amides is 1. The number of carbonyl (C=O) groups is 1. The zero-order chi connectivity index (χ0) is 18.8. The zero-order valence-corrected chi connectivity index (χ0v) is 14.6. The highest BCUT2D eigenvalue weighted by atomic mass is 19.1. The van der Waals surface area contributed by atoms with Gasteiger partial charge in [-0.15, -0.1) is 0 Å². The topological polar surface area (TPSA) is 124 Å². The third kappa shape index (κ3) is 3.72. The summed E-state index contributed by atoms with van der Waals surface area (Å²) in [4.78, 5) is 16.1. The van der Waals surface area contributed by atoms with Crippen LogP contribution in [0.5, 0.6) is 0 Å². The van der Waals surface area contributed by atoms with Gasteiger partial charge in [0.2, 0.25) is 5.91 Å². The van der Waals surface area contributed by atoms with E-state index in [0.29, 0.717) is 23.1 Å². The molecule has 1 aromatic carbocycles. The van der Waals surface area contributed by atoms with E-state index in [4.69, 9.17) is 16.0 Å². The molecule has 2 aromatic rings. The summed E-state index contributed by atoms with van der Waals surface area (Å²) in [6, 6.07) is 4.57. The number of aromatic nitrogens is 2. The smallest absolute Gasteiger partial charge is 0.274 e. The van der Waals surface area contributed by atoms with Gasteiger partial charge in [-0.05, 0) is 36.6 Å². The lowest BCUT2D eigenvalue weighted by Crippen LogP contribution is -2.39. The maximum Gasteiger partial charge on any atom is 0.274 e. The molecule has 0 saturated heterocycles. The lowest BCUT2D eigenvalue weighted by molar-refractivity contribution is -0.119. The van der Waals surface area contributed by atoms with E-state index in [9.17, 15) is 9.18 Å². The fourth-order valence-corrected chi connectivity index (χ4v) is 2.81. The summed E-state index contributed by atoms with van der Waals surface area (Å²) in [5.74, 6) is 0.0593. The predicted octanol–water partition coefficient (Wildman–Crippen LogP) is 1.72. The summed E-state index contributed by atoms with van der Waals surface area (Å²) in [5.41, 5.74) is 12.5. The predicted molar refractivity (Wildman–Crippen MR) is 93.7 cm³/mol. The van der Waals surface area contributed by atoms with Crippen molar-refractivity contribution in [3.05, 3.63) is 41.8 Å². The second-order valence-electron chi connectivity index (χ2n) is 6.68. The number of anilines is 1. The molecule has 0 saturated carbocycles. The Balaban J connectivity index is 1.86. The molecule has 1 aliphatic heterocycles. The largest absolute Gasteiger partial charge is 0.368 e. The molecular formula is C17H21FN6O2. The van der Waals surface area contributed by atoms with Gasteiger partial charge >= 0.3 is 0 Å². The van der Waals surface area contributed by atoms with E-state index in [2.05, 4.69) is 29.1 Å². The second kappa shape index (κ2) is 7.20. The van der Waals surface area contributed by atoms with Gasteiger partial charge in [-0.3, -0.25) is 9.80 Å². The molecule has 0 spiro atoms. The standard InChI is InChI=1S/C17H21FN6O2/c1-9(2)7-12(19)16-21-17(26-23-16)13-8-14(15(20)25)24(22-13)11-5-3-10(18)4-6-11/h3-6,9,12,14H,7-8,19H2,1-2H3,(H2,20,25). The molecule has 1 aromatic heterocycles. The van der Waals surface area contributed by atoms with Crippen molar-refractivity contribution in [2.24, 2.45) is 22.5 Å². The SMILES string of the molecule is CC(C)CC(N)c1noc(C2=NN(c3ccc(F)cc3)C(C(N)=O)C2)n1. The summed E-state index contributed by atoms with van der Waals surface area (Å²) in [6.45, 7) is 4.11. The number of benzene rings is 1. The van der Waals surface area contributed by atoms with Gasteiger partial charge in [-0.1, -0.05) is 19.0 Å². The first kappa shape index (κ1) is 18.0. The Morgan fingerprint density at radius 2 is 2.08 bits per heavy atom. The van der Waals surface area contributed by atoms with E-state index in [0.717, 1.165) is 6.42 Å². The molecule has 1 aliphatic rings. The maximum atomic E-state index is 13.1. The molecule has 1 amide bonds. The van der Waals surface area contributed by atoms with Crippen molar-refractivity contribution in [3.8, 4) is 0 Å². The van der Waals surface area contributed by atoms with Crippen LogP contribution in [0.25, 0.3) is 0 Å². The van der Waals surface area contributed by atoms with Crippen LogP contribution in [0.15, 0.2) is 33.9 Å². The molecule has 26 heavy (non-hydrogen) atoms. The number of amides is 1. The lowest BCUT2D eigenvalue weighted by atomic mass is 10.0. The van der Waals surface area contributed by atoms with E-state index in [1.165, 1.54) is 29.3 Å². The van der Waals surface area contributed by atoms with Crippen LogP contribution in [0.4, 0.5) is 10.1 Å². The number of nitrogens with zero attached hydrogens (tertiary/aromatic N) is 4. The zero-order valence-electron chi connectivity index (χ0n) is 14.6. The molecular weight excluding hydrogens is 339 g/mol. The van der Waals surface area contributed by atoms with Gasteiger partial charge < -0.3 is 16.0 Å². The normalized spacial score (nSPS) is 18.3. The number of carbonyl (C=O) groups excluding carboxylic acids is 1. The van der Waals surface area contributed by atoms with Gasteiger partial charge in [-0.25, -0.2) is 4.39 Å². The Kier molecular flexibility index (Phi) is 4.99.